The molecule has 0 aliphatic rings. The summed E-state index contributed by atoms with van der Waals surface area (Å²) in [4.78, 5) is 12.1. The maximum atomic E-state index is 12.8. The SMILES string of the molecule is CCC(Oc1ccc(F)cc1)C(=O)NCCSC(C)(C)C. The lowest BCUT2D eigenvalue weighted by Crippen LogP contribution is -2.39. The normalized spacial score (nSPS) is 12.8. The number of ether oxygens (including phenoxy) is 1. The summed E-state index contributed by atoms with van der Waals surface area (Å²) in [6.07, 6.45) is 0.0189. The van der Waals surface area contributed by atoms with Gasteiger partial charge in [0.05, 0.1) is 0 Å². The Hall–Kier alpha value is -1.23. The van der Waals surface area contributed by atoms with Crippen molar-refractivity contribution in [3.8, 4) is 5.75 Å². The van der Waals surface area contributed by atoms with E-state index in [1.54, 1.807) is 11.8 Å². The minimum absolute atomic E-state index is 0.128. The lowest BCUT2D eigenvalue weighted by molar-refractivity contribution is -0.127. The summed E-state index contributed by atoms with van der Waals surface area (Å²) in [7, 11) is 0. The maximum absolute atomic E-state index is 12.8. The van der Waals surface area contributed by atoms with E-state index in [1.165, 1.54) is 24.3 Å². The first kappa shape index (κ1) is 17.8. The van der Waals surface area contributed by atoms with E-state index in [4.69, 9.17) is 4.74 Å². The molecule has 1 amide bonds. The van der Waals surface area contributed by atoms with Gasteiger partial charge in [-0.25, -0.2) is 4.39 Å². The molecule has 1 unspecified atom stereocenters. The Kier molecular flexibility index (Phi) is 7.02. The number of thioether (sulfide) groups is 1. The van der Waals surface area contributed by atoms with E-state index in [-0.39, 0.29) is 16.5 Å². The predicted molar refractivity (Wildman–Crippen MR) is 86.3 cm³/mol. The average Bonchev–Trinajstić information content (AvgIpc) is 2.41. The summed E-state index contributed by atoms with van der Waals surface area (Å²) in [5.74, 6) is 0.917. The first-order chi connectivity index (χ1) is 9.81. The molecule has 0 saturated carbocycles. The van der Waals surface area contributed by atoms with Crippen LogP contribution in [0.4, 0.5) is 4.39 Å². The molecule has 1 aromatic rings. The molecule has 1 rings (SSSR count). The van der Waals surface area contributed by atoms with E-state index in [0.717, 1.165) is 5.75 Å². The zero-order chi connectivity index (χ0) is 15.9. The molecule has 0 heterocycles. The molecule has 0 fully saturated rings. The Morgan fingerprint density at radius 3 is 2.48 bits per heavy atom. The van der Waals surface area contributed by atoms with Gasteiger partial charge in [0.2, 0.25) is 0 Å². The van der Waals surface area contributed by atoms with Crippen LogP contribution in [0.2, 0.25) is 0 Å². The van der Waals surface area contributed by atoms with Gasteiger partial charge in [0.25, 0.3) is 5.91 Å². The fourth-order valence-electron chi connectivity index (χ4n) is 1.64. The average molecular weight is 313 g/mol. The van der Waals surface area contributed by atoms with Crippen LogP contribution in [0.25, 0.3) is 0 Å². The maximum Gasteiger partial charge on any atom is 0.261 e. The van der Waals surface area contributed by atoms with E-state index in [1.807, 2.05) is 6.92 Å². The van der Waals surface area contributed by atoms with Crippen molar-refractivity contribution in [3.63, 3.8) is 0 Å². The van der Waals surface area contributed by atoms with E-state index >= 15 is 0 Å². The van der Waals surface area contributed by atoms with E-state index < -0.39 is 6.10 Å². The van der Waals surface area contributed by atoms with Crippen molar-refractivity contribution in [3.05, 3.63) is 30.1 Å². The van der Waals surface area contributed by atoms with Gasteiger partial charge in [-0.15, -0.1) is 0 Å². The number of amides is 1. The number of rotatable bonds is 7. The summed E-state index contributed by atoms with van der Waals surface area (Å²) in [6.45, 7) is 8.94. The zero-order valence-corrected chi connectivity index (χ0v) is 13.9. The van der Waals surface area contributed by atoms with Gasteiger partial charge in [0.1, 0.15) is 11.6 Å². The molecule has 0 aliphatic carbocycles. The van der Waals surface area contributed by atoms with Crippen molar-refractivity contribution in [1.82, 2.24) is 5.32 Å². The molecule has 0 aromatic heterocycles. The Bertz CT molecular complexity index is 443. The van der Waals surface area contributed by atoms with Crippen molar-refractivity contribution in [2.75, 3.05) is 12.3 Å². The van der Waals surface area contributed by atoms with Crippen molar-refractivity contribution in [2.45, 2.75) is 45.0 Å². The first-order valence-electron chi connectivity index (χ1n) is 7.15. The van der Waals surface area contributed by atoms with Gasteiger partial charge in [-0.3, -0.25) is 4.79 Å². The van der Waals surface area contributed by atoms with E-state index in [2.05, 4.69) is 26.1 Å². The number of carbonyl (C=O) groups is 1. The number of halogens is 1. The lowest BCUT2D eigenvalue weighted by Gasteiger charge is -2.19. The second kappa shape index (κ2) is 8.27. The first-order valence-corrected chi connectivity index (χ1v) is 8.14. The van der Waals surface area contributed by atoms with E-state index in [0.29, 0.717) is 18.7 Å². The Morgan fingerprint density at radius 1 is 1.33 bits per heavy atom. The molecule has 1 aromatic carbocycles. The van der Waals surface area contributed by atoms with E-state index in [9.17, 15) is 9.18 Å². The smallest absolute Gasteiger partial charge is 0.261 e. The van der Waals surface area contributed by atoms with Crippen LogP contribution in [0.15, 0.2) is 24.3 Å². The molecule has 1 atom stereocenters. The molecule has 0 bridgehead atoms. The molecule has 21 heavy (non-hydrogen) atoms. The van der Waals surface area contributed by atoms with Gasteiger partial charge in [-0.2, -0.15) is 11.8 Å². The molecule has 0 spiro atoms. The minimum Gasteiger partial charge on any atom is -0.481 e. The van der Waals surface area contributed by atoms with Crippen LogP contribution in [0.3, 0.4) is 0 Å². The van der Waals surface area contributed by atoms with Crippen LogP contribution in [-0.2, 0) is 4.79 Å². The third-order valence-electron chi connectivity index (χ3n) is 2.69. The van der Waals surface area contributed by atoms with Gasteiger partial charge < -0.3 is 10.1 Å². The number of nitrogens with one attached hydrogen (secondary N) is 1. The highest BCUT2D eigenvalue weighted by Crippen LogP contribution is 2.22. The van der Waals surface area contributed by atoms with Crippen LogP contribution < -0.4 is 10.1 Å². The highest BCUT2D eigenvalue weighted by molar-refractivity contribution is 8.00. The highest BCUT2D eigenvalue weighted by Gasteiger charge is 2.18. The van der Waals surface area contributed by atoms with Gasteiger partial charge in [-0.1, -0.05) is 27.7 Å². The monoisotopic (exact) mass is 313 g/mol. The zero-order valence-electron chi connectivity index (χ0n) is 13.1. The summed E-state index contributed by atoms with van der Waals surface area (Å²) in [5, 5.41) is 2.88. The molecule has 3 nitrogen and oxygen atoms in total. The van der Waals surface area contributed by atoms with Crippen LogP contribution >= 0.6 is 11.8 Å². The molecule has 0 saturated heterocycles. The Balaban J connectivity index is 2.41. The third-order valence-corrected chi connectivity index (χ3v) is 3.97. The molecule has 1 N–H and O–H groups in total. The van der Waals surface area contributed by atoms with Crippen LogP contribution in [0.5, 0.6) is 5.75 Å². The molecular formula is C16H24FNO2S. The second-order valence-electron chi connectivity index (χ2n) is 5.72. The van der Waals surface area contributed by atoms with Gasteiger partial charge in [0, 0.05) is 17.0 Å². The summed E-state index contributed by atoms with van der Waals surface area (Å²) in [6, 6.07) is 5.70. The molecule has 0 aliphatic heterocycles. The van der Waals surface area contributed by atoms with Gasteiger partial charge in [0.15, 0.2) is 6.10 Å². The topological polar surface area (TPSA) is 38.3 Å². The van der Waals surface area contributed by atoms with Crippen molar-refractivity contribution in [2.24, 2.45) is 0 Å². The highest BCUT2D eigenvalue weighted by atomic mass is 32.2. The van der Waals surface area contributed by atoms with Crippen LogP contribution in [-0.4, -0.2) is 29.1 Å². The number of benzene rings is 1. The molecule has 0 radical (unpaired) electrons. The lowest BCUT2D eigenvalue weighted by atomic mass is 10.2. The number of hydrogen-bond donors (Lipinski definition) is 1. The second-order valence-corrected chi connectivity index (χ2v) is 7.64. The van der Waals surface area contributed by atoms with Crippen LogP contribution in [0.1, 0.15) is 34.1 Å². The van der Waals surface area contributed by atoms with Crippen molar-refractivity contribution >= 4 is 17.7 Å². The largest absolute Gasteiger partial charge is 0.481 e. The predicted octanol–water partition coefficient (Wildman–Crippen LogP) is 3.63. The molecular weight excluding hydrogens is 289 g/mol. The minimum atomic E-state index is -0.546. The Morgan fingerprint density at radius 2 is 1.95 bits per heavy atom. The standard InChI is InChI=1S/C16H24FNO2S/c1-5-14(20-13-8-6-12(17)7-9-13)15(19)18-10-11-21-16(2,3)4/h6-9,14H,5,10-11H2,1-4H3,(H,18,19). The van der Waals surface area contributed by atoms with Crippen molar-refractivity contribution < 1.29 is 13.9 Å². The fourth-order valence-corrected chi connectivity index (χ4v) is 2.46. The quantitative estimate of drug-likeness (QED) is 0.781. The summed E-state index contributed by atoms with van der Waals surface area (Å²) >= 11 is 1.80. The summed E-state index contributed by atoms with van der Waals surface area (Å²) in [5.41, 5.74) is 0. The van der Waals surface area contributed by atoms with Gasteiger partial charge >= 0.3 is 0 Å². The molecule has 118 valence electrons. The van der Waals surface area contributed by atoms with Crippen LogP contribution in [0, 0.1) is 5.82 Å². The summed E-state index contributed by atoms with van der Waals surface area (Å²) < 4.78 is 18.6. The fraction of sp³-hybridized carbons (Fsp3) is 0.562. The molecule has 5 heteroatoms. The number of hydrogen-bond acceptors (Lipinski definition) is 3. The van der Waals surface area contributed by atoms with Crippen molar-refractivity contribution in [1.29, 1.82) is 0 Å². The number of carbonyl (C=O) groups excluding carboxylic acids is 1. The third kappa shape index (κ3) is 7.37. The van der Waals surface area contributed by atoms with Gasteiger partial charge in [-0.05, 0) is 30.7 Å². The Labute approximate surface area is 130 Å².